The van der Waals surface area contributed by atoms with Crippen molar-refractivity contribution in [1.29, 1.82) is 0 Å². The van der Waals surface area contributed by atoms with Crippen molar-refractivity contribution in [2.45, 2.75) is 13.0 Å². The molecule has 0 unspecified atom stereocenters. The summed E-state index contributed by atoms with van der Waals surface area (Å²) >= 11 is 1.02. The Bertz CT molecular complexity index is 1500. The molecule has 0 saturated carbocycles. The molecule has 0 fully saturated rings. The minimum absolute atomic E-state index is 0.0638. The van der Waals surface area contributed by atoms with Crippen molar-refractivity contribution in [3.8, 4) is 0 Å². The minimum Gasteiger partial charge on any atom is -0.465 e. The third-order valence-corrected chi connectivity index (χ3v) is 6.92. The summed E-state index contributed by atoms with van der Waals surface area (Å²) in [5, 5.41) is 3.19. The molecule has 8 heteroatoms. The van der Waals surface area contributed by atoms with Crippen LogP contribution in [-0.4, -0.2) is 33.5 Å². The van der Waals surface area contributed by atoms with Gasteiger partial charge in [0.05, 0.1) is 18.1 Å². The second kappa shape index (κ2) is 14.4. The molecule has 0 saturated heterocycles. The molecule has 1 N–H and O–H groups in total. The monoisotopic (exact) mass is 563 g/mol. The number of thioether (sulfide) groups is 1. The maximum Gasteiger partial charge on any atom is 0.285 e. The first-order chi connectivity index (χ1) is 20.0. The van der Waals surface area contributed by atoms with Gasteiger partial charge in [0.1, 0.15) is 11.3 Å². The zero-order valence-electron chi connectivity index (χ0n) is 22.5. The van der Waals surface area contributed by atoms with Crippen LogP contribution in [0.4, 0.5) is 0 Å². The largest absolute Gasteiger partial charge is 0.465 e. The highest BCUT2D eigenvalue weighted by Crippen LogP contribution is 2.26. The highest BCUT2D eigenvalue weighted by atomic mass is 32.2. The Balaban J connectivity index is 1.57. The molecule has 1 aromatic heterocycles. The quantitative estimate of drug-likeness (QED) is 0.179. The summed E-state index contributed by atoms with van der Waals surface area (Å²) in [6.45, 7) is 5.46. The number of nitrogens with one attached hydrogen (secondary N) is 1. The van der Waals surface area contributed by atoms with Crippen molar-refractivity contribution >= 4 is 40.7 Å². The normalized spacial score (nSPS) is 15.3. The highest BCUT2D eigenvalue weighted by molar-refractivity contribution is 8.14. The number of hydrogen-bond donors (Lipinski definition) is 1. The zero-order chi connectivity index (χ0) is 29.0. The van der Waals surface area contributed by atoms with Crippen LogP contribution in [0.1, 0.15) is 29.9 Å². The van der Waals surface area contributed by atoms with Gasteiger partial charge in [-0.05, 0) is 48.4 Å². The van der Waals surface area contributed by atoms with Crippen LogP contribution >= 0.6 is 11.8 Å². The predicted octanol–water partition coefficient (Wildman–Crippen LogP) is 6.23. The van der Waals surface area contributed by atoms with Gasteiger partial charge >= 0.3 is 0 Å². The molecule has 0 radical (unpaired) electrons. The number of furan rings is 1. The van der Waals surface area contributed by atoms with Crippen LogP contribution in [0.15, 0.2) is 143 Å². The number of rotatable bonds is 10. The maximum atomic E-state index is 13.6. The minimum atomic E-state index is -0.687. The Labute approximate surface area is 243 Å². The van der Waals surface area contributed by atoms with Crippen LogP contribution < -0.4 is 5.32 Å². The van der Waals surface area contributed by atoms with E-state index < -0.39 is 11.8 Å². The number of amides is 3. The van der Waals surface area contributed by atoms with Gasteiger partial charge in [-0.3, -0.25) is 19.3 Å². The van der Waals surface area contributed by atoms with Crippen LogP contribution in [0.2, 0.25) is 0 Å². The molecular weight excluding hydrogens is 534 g/mol. The highest BCUT2D eigenvalue weighted by Gasteiger charge is 2.34. The maximum absolute atomic E-state index is 13.6. The summed E-state index contributed by atoms with van der Waals surface area (Å²) in [5.41, 5.74) is 2.24. The van der Waals surface area contributed by atoms with Gasteiger partial charge in [0.25, 0.3) is 11.8 Å². The van der Waals surface area contributed by atoms with E-state index in [-0.39, 0.29) is 28.4 Å². The standard InChI is InChI=1S/C33H29N3O4S/c1-3-5-18-26(4-2)36-32(39)28(21-12-19-27-20-13-22-40-27)31(38)35-33(36)41-23-29(37)34-30(24-14-8-6-9-15-24)25-16-10-7-11-17-25/h3-22,30H,1,23H2,2H3,(H,34,37)/b18-5-,19-12+,26-4+,28-21+. The molecule has 4 rings (SSSR count). The topological polar surface area (TPSA) is 92.0 Å². The molecule has 1 aliphatic heterocycles. The van der Waals surface area contributed by atoms with Crippen LogP contribution in [0, 0.1) is 0 Å². The molecule has 2 heterocycles. The van der Waals surface area contributed by atoms with Crippen LogP contribution in [0.5, 0.6) is 0 Å². The van der Waals surface area contributed by atoms with E-state index in [1.807, 2.05) is 60.7 Å². The number of amidine groups is 1. The van der Waals surface area contributed by atoms with E-state index in [0.717, 1.165) is 22.9 Å². The Morgan fingerprint density at radius 1 is 1.02 bits per heavy atom. The molecule has 0 atom stereocenters. The van der Waals surface area contributed by atoms with Gasteiger partial charge in [-0.25, -0.2) is 0 Å². The number of allylic oxidation sites excluding steroid dienone is 6. The summed E-state index contributed by atoms with van der Waals surface area (Å²) in [5.74, 6) is -1.00. The summed E-state index contributed by atoms with van der Waals surface area (Å²) < 4.78 is 5.26. The average molecular weight is 564 g/mol. The fourth-order valence-corrected chi connectivity index (χ4v) is 4.85. The Morgan fingerprint density at radius 2 is 1.71 bits per heavy atom. The number of carbonyl (C=O) groups is 3. The smallest absolute Gasteiger partial charge is 0.285 e. The summed E-state index contributed by atoms with van der Waals surface area (Å²) in [6, 6.07) is 22.4. The van der Waals surface area contributed by atoms with Gasteiger partial charge in [-0.2, -0.15) is 4.99 Å². The van der Waals surface area contributed by atoms with Crippen LogP contribution in [-0.2, 0) is 14.4 Å². The number of carbonyl (C=O) groups excluding carboxylic acids is 3. The molecule has 0 spiro atoms. The molecule has 7 nitrogen and oxygen atoms in total. The van der Waals surface area contributed by atoms with Crippen molar-refractivity contribution < 1.29 is 18.8 Å². The molecule has 3 aromatic rings. The second-order valence-electron chi connectivity index (χ2n) is 8.71. The van der Waals surface area contributed by atoms with E-state index in [1.165, 1.54) is 17.2 Å². The average Bonchev–Trinajstić information content (AvgIpc) is 3.52. The first-order valence-electron chi connectivity index (χ1n) is 12.9. The molecule has 1 aliphatic rings. The third kappa shape index (κ3) is 7.58. The fraction of sp³-hybridized carbons (Fsp3) is 0.0909. The van der Waals surface area contributed by atoms with Crippen molar-refractivity contribution in [2.24, 2.45) is 4.99 Å². The molecular formula is C33H29N3O4S. The van der Waals surface area contributed by atoms with Gasteiger partial charge in [-0.15, -0.1) is 0 Å². The van der Waals surface area contributed by atoms with Crippen LogP contribution in [0.25, 0.3) is 6.08 Å². The van der Waals surface area contributed by atoms with Gasteiger partial charge in [0.15, 0.2) is 5.17 Å². The van der Waals surface area contributed by atoms with Crippen molar-refractivity contribution in [3.05, 3.63) is 150 Å². The Hall–Kier alpha value is -4.95. The first kappa shape index (κ1) is 29.0. The predicted molar refractivity (Wildman–Crippen MR) is 164 cm³/mol. The van der Waals surface area contributed by atoms with E-state index in [2.05, 4.69) is 16.9 Å². The van der Waals surface area contributed by atoms with E-state index in [9.17, 15) is 14.4 Å². The Morgan fingerprint density at radius 3 is 2.29 bits per heavy atom. The van der Waals surface area contributed by atoms with E-state index in [4.69, 9.17) is 4.42 Å². The lowest BCUT2D eigenvalue weighted by Crippen LogP contribution is -2.42. The molecule has 206 valence electrons. The molecule has 41 heavy (non-hydrogen) atoms. The lowest BCUT2D eigenvalue weighted by molar-refractivity contribution is -0.126. The first-order valence-corrected chi connectivity index (χ1v) is 13.9. The third-order valence-electron chi connectivity index (χ3n) is 5.98. The van der Waals surface area contributed by atoms with E-state index in [1.54, 1.807) is 55.5 Å². The Kier molecular flexibility index (Phi) is 10.2. The van der Waals surface area contributed by atoms with Gasteiger partial charge in [0.2, 0.25) is 5.91 Å². The number of nitrogens with zero attached hydrogens (tertiary/aromatic N) is 2. The lowest BCUT2D eigenvalue weighted by atomic mass is 9.99. The number of aliphatic imine (C=N–C) groups is 1. The molecule has 0 bridgehead atoms. The van der Waals surface area contributed by atoms with E-state index >= 15 is 0 Å². The lowest BCUT2D eigenvalue weighted by Gasteiger charge is -2.28. The molecule has 0 aliphatic carbocycles. The fourth-order valence-electron chi connectivity index (χ4n) is 4.04. The molecule has 3 amide bonds. The summed E-state index contributed by atoms with van der Waals surface area (Å²) in [6.07, 6.45) is 12.8. The van der Waals surface area contributed by atoms with Gasteiger partial charge in [-0.1, -0.05) is 103 Å². The second-order valence-corrected chi connectivity index (χ2v) is 9.66. The molecule has 2 aromatic carbocycles. The van der Waals surface area contributed by atoms with Crippen molar-refractivity contribution in [3.63, 3.8) is 0 Å². The van der Waals surface area contributed by atoms with Crippen molar-refractivity contribution in [2.75, 3.05) is 5.75 Å². The number of hydrogen-bond acceptors (Lipinski definition) is 5. The van der Waals surface area contributed by atoms with Crippen LogP contribution in [0.3, 0.4) is 0 Å². The van der Waals surface area contributed by atoms with Crippen molar-refractivity contribution in [1.82, 2.24) is 10.2 Å². The van der Waals surface area contributed by atoms with Gasteiger partial charge in [0, 0.05) is 5.70 Å². The number of benzene rings is 2. The van der Waals surface area contributed by atoms with E-state index in [0.29, 0.717) is 11.5 Å². The summed E-state index contributed by atoms with van der Waals surface area (Å²) in [4.78, 5) is 45.2. The zero-order valence-corrected chi connectivity index (χ0v) is 23.3. The summed E-state index contributed by atoms with van der Waals surface area (Å²) in [7, 11) is 0. The van der Waals surface area contributed by atoms with Gasteiger partial charge < -0.3 is 9.73 Å². The SMILES string of the molecule is C=C/C=C\C(=C/C)N1C(=O)/C(=C/C=C/c2ccco2)C(=O)N=C1SCC(=O)NC(c1ccccc1)c1ccccc1.